The number of carbonyl (C=O) groups is 2. The van der Waals surface area contributed by atoms with Crippen LogP contribution in [0.15, 0.2) is 48.5 Å². The van der Waals surface area contributed by atoms with Crippen LogP contribution in [0.3, 0.4) is 0 Å². The van der Waals surface area contributed by atoms with Gasteiger partial charge >= 0.3 is 5.97 Å². The minimum Gasteiger partial charge on any atom is -0.497 e. The summed E-state index contributed by atoms with van der Waals surface area (Å²) >= 11 is 0. The molecule has 25 heavy (non-hydrogen) atoms. The average molecular weight is 344 g/mol. The van der Waals surface area contributed by atoms with Crippen LogP contribution in [-0.4, -0.2) is 29.0 Å². The number of carboxylic acid groups (broad SMARTS) is 1. The molecule has 8 heteroatoms. The van der Waals surface area contributed by atoms with E-state index in [2.05, 4.69) is 5.32 Å². The van der Waals surface area contributed by atoms with E-state index < -0.39 is 22.8 Å². The first kappa shape index (κ1) is 17.9. The highest BCUT2D eigenvalue weighted by Crippen LogP contribution is 2.21. The zero-order valence-electron chi connectivity index (χ0n) is 13.3. The van der Waals surface area contributed by atoms with Gasteiger partial charge in [0.05, 0.1) is 24.5 Å². The van der Waals surface area contributed by atoms with Crippen molar-refractivity contribution in [3.63, 3.8) is 0 Å². The Kier molecular flexibility index (Phi) is 5.67. The molecule has 0 spiro atoms. The fourth-order valence-electron chi connectivity index (χ4n) is 2.24. The van der Waals surface area contributed by atoms with Gasteiger partial charge in [-0.05, 0) is 29.8 Å². The normalized spacial score (nSPS) is 11.4. The zero-order valence-corrected chi connectivity index (χ0v) is 13.3. The number of non-ortho nitro benzene ring substituents is 1. The first-order valence-electron chi connectivity index (χ1n) is 7.31. The maximum absolute atomic E-state index is 12.3. The number of amides is 1. The first-order valence-corrected chi connectivity index (χ1v) is 7.31. The second-order valence-electron chi connectivity index (χ2n) is 5.20. The molecule has 0 aromatic heterocycles. The summed E-state index contributed by atoms with van der Waals surface area (Å²) in [5.74, 6) is -0.971. The molecule has 0 saturated carbocycles. The number of nitro benzene ring substituents is 1. The summed E-state index contributed by atoms with van der Waals surface area (Å²) in [7, 11) is 1.51. The number of hydrogen-bond donors (Lipinski definition) is 2. The Morgan fingerprint density at radius 3 is 2.24 bits per heavy atom. The molecule has 0 aliphatic heterocycles. The van der Waals surface area contributed by atoms with E-state index in [4.69, 9.17) is 9.84 Å². The fraction of sp³-hybridized carbons (Fsp3) is 0.176. The summed E-state index contributed by atoms with van der Waals surface area (Å²) in [5, 5.41) is 22.4. The molecule has 8 nitrogen and oxygen atoms in total. The number of hydrogen-bond acceptors (Lipinski definition) is 5. The van der Waals surface area contributed by atoms with Gasteiger partial charge in [-0.15, -0.1) is 0 Å². The number of aliphatic carboxylic acids is 1. The highest BCUT2D eigenvalue weighted by Gasteiger charge is 2.19. The van der Waals surface area contributed by atoms with Crippen molar-refractivity contribution in [1.82, 2.24) is 5.32 Å². The number of benzene rings is 2. The summed E-state index contributed by atoms with van der Waals surface area (Å²) < 4.78 is 5.05. The monoisotopic (exact) mass is 344 g/mol. The minimum atomic E-state index is -1.06. The SMILES string of the molecule is COc1ccc([C@@H](CC(=O)O)NC(=O)c2ccc([N+](=O)[O-])cc2)cc1. The van der Waals surface area contributed by atoms with Gasteiger partial charge in [-0.2, -0.15) is 0 Å². The van der Waals surface area contributed by atoms with E-state index in [0.717, 1.165) is 0 Å². The summed E-state index contributed by atoms with van der Waals surface area (Å²) in [6, 6.07) is 11.0. The highest BCUT2D eigenvalue weighted by molar-refractivity contribution is 5.94. The van der Waals surface area contributed by atoms with Crippen molar-refractivity contribution < 1.29 is 24.4 Å². The Morgan fingerprint density at radius 1 is 1.16 bits per heavy atom. The Labute approximate surface area is 143 Å². The number of nitro groups is 1. The van der Waals surface area contributed by atoms with Crippen LogP contribution >= 0.6 is 0 Å². The molecule has 2 N–H and O–H groups in total. The quantitative estimate of drug-likeness (QED) is 0.588. The first-order chi connectivity index (χ1) is 11.9. The average Bonchev–Trinajstić information content (AvgIpc) is 2.61. The zero-order chi connectivity index (χ0) is 18.4. The number of carboxylic acids is 1. The third-order valence-corrected chi connectivity index (χ3v) is 3.54. The van der Waals surface area contributed by atoms with Crippen LogP contribution in [0.2, 0.25) is 0 Å². The van der Waals surface area contributed by atoms with Gasteiger partial charge in [-0.25, -0.2) is 0 Å². The molecule has 2 rings (SSSR count). The molecule has 130 valence electrons. The maximum atomic E-state index is 12.3. The van der Waals surface area contributed by atoms with E-state index >= 15 is 0 Å². The van der Waals surface area contributed by atoms with Crippen molar-refractivity contribution in [2.45, 2.75) is 12.5 Å². The molecule has 0 bridgehead atoms. The summed E-state index contributed by atoms with van der Waals surface area (Å²) in [6.07, 6.45) is -0.301. The highest BCUT2D eigenvalue weighted by atomic mass is 16.6. The largest absolute Gasteiger partial charge is 0.497 e. The molecule has 1 atom stereocenters. The molecule has 1 amide bonds. The van der Waals surface area contributed by atoms with E-state index in [0.29, 0.717) is 11.3 Å². The number of carbonyl (C=O) groups excluding carboxylic acids is 1. The number of nitrogens with one attached hydrogen (secondary N) is 1. The van der Waals surface area contributed by atoms with Gasteiger partial charge in [0, 0.05) is 17.7 Å². The third-order valence-electron chi connectivity index (χ3n) is 3.54. The van der Waals surface area contributed by atoms with Crippen LogP contribution in [0, 0.1) is 10.1 Å². The van der Waals surface area contributed by atoms with E-state index in [9.17, 15) is 19.7 Å². The van der Waals surface area contributed by atoms with Gasteiger partial charge in [0.25, 0.3) is 11.6 Å². The van der Waals surface area contributed by atoms with Crippen molar-refractivity contribution in [2.24, 2.45) is 0 Å². The van der Waals surface area contributed by atoms with Crippen molar-refractivity contribution in [1.29, 1.82) is 0 Å². The molecule has 0 saturated heterocycles. The van der Waals surface area contributed by atoms with E-state index in [1.165, 1.54) is 31.4 Å². The summed E-state index contributed by atoms with van der Waals surface area (Å²) in [6.45, 7) is 0. The van der Waals surface area contributed by atoms with Crippen LogP contribution in [0.4, 0.5) is 5.69 Å². The van der Waals surface area contributed by atoms with E-state index in [-0.39, 0.29) is 17.7 Å². The summed E-state index contributed by atoms with van der Waals surface area (Å²) in [5.41, 5.74) is 0.682. The predicted octanol–water partition coefficient (Wildman–Crippen LogP) is 2.55. The van der Waals surface area contributed by atoms with Crippen LogP contribution in [-0.2, 0) is 4.79 Å². The fourth-order valence-corrected chi connectivity index (χ4v) is 2.24. The third kappa shape index (κ3) is 4.77. The number of methoxy groups -OCH3 is 1. The maximum Gasteiger partial charge on any atom is 0.305 e. The second kappa shape index (κ2) is 7.91. The lowest BCUT2D eigenvalue weighted by molar-refractivity contribution is -0.384. The van der Waals surface area contributed by atoms with Crippen LogP contribution in [0.25, 0.3) is 0 Å². The Morgan fingerprint density at radius 2 is 1.76 bits per heavy atom. The van der Waals surface area contributed by atoms with Crippen LogP contribution in [0.5, 0.6) is 5.75 Å². The van der Waals surface area contributed by atoms with Gasteiger partial charge in [0.1, 0.15) is 5.75 Å². The standard InChI is InChI=1S/C17H16N2O6/c1-25-14-8-4-11(5-9-14)15(10-16(20)21)18-17(22)12-2-6-13(7-3-12)19(23)24/h2-9,15H,10H2,1H3,(H,18,22)(H,20,21)/t15-/m1/s1. The Balaban J connectivity index is 2.18. The predicted molar refractivity (Wildman–Crippen MR) is 88.6 cm³/mol. The van der Waals surface area contributed by atoms with Gasteiger partial charge in [-0.1, -0.05) is 12.1 Å². The van der Waals surface area contributed by atoms with Gasteiger partial charge in [0.15, 0.2) is 0 Å². The molecular weight excluding hydrogens is 328 g/mol. The van der Waals surface area contributed by atoms with Crippen LogP contribution < -0.4 is 10.1 Å². The van der Waals surface area contributed by atoms with Crippen molar-refractivity contribution in [3.8, 4) is 5.75 Å². The molecule has 2 aromatic rings. The molecule has 0 aliphatic carbocycles. The number of ether oxygens (including phenoxy) is 1. The Bertz CT molecular complexity index is 771. The van der Waals surface area contributed by atoms with Crippen molar-refractivity contribution in [3.05, 3.63) is 69.8 Å². The van der Waals surface area contributed by atoms with Crippen molar-refractivity contribution in [2.75, 3.05) is 7.11 Å². The lowest BCUT2D eigenvalue weighted by Gasteiger charge is -2.18. The van der Waals surface area contributed by atoms with E-state index in [1.54, 1.807) is 24.3 Å². The van der Waals surface area contributed by atoms with Gasteiger partial charge in [0.2, 0.25) is 0 Å². The molecule has 0 unspecified atom stereocenters. The molecule has 0 heterocycles. The minimum absolute atomic E-state index is 0.131. The molecular formula is C17H16N2O6. The topological polar surface area (TPSA) is 119 Å². The van der Waals surface area contributed by atoms with Gasteiger partial charge in [-0.3, -0.25) is 19.7 Å². The molecule has 0 fully saturated rings. The summed E-state index contributed by atoms with van der Waals surface area (Å²) in [4.78, 5) is 33.5. The second-order valence-corrected chi connectivity index (χ2v) is 5.20. The van der Waals surface area contributed by atoms with E-state index in [1.807, 2.05) is 0 Å². The molecule has 0 radical (unpaired) electrons. The van der Waals surface area contributed by atoms with Crippen molar-refractivity contribution >= 4 is 17.6 Å². The van der Waals surface area contributed by atoms with Gasteiger partial charge < -0.3 is 15.2 Å². The van der Waals surface area contributed by atoms with Crippen LogP contribution in [0.1, 0.15) is 28.4 Å². The Hall–Kier alpha value is -3.42. The molecule has 0 aliphatic rings. The lowest BCUT2D eigenvalue weighted by atomic mass is 10.0. The number of nitrogens with zero attached hydrogens (tertiary/aromatic N) is 1. The lowest BCUT2D eigenvalue weighted by Crippen LogP contribution is -2.30. The number of rotatable bonds is 7. The smallest absolute Gasteiger partial charge is 0.305 e. The molecule has 2 aromatic carbocycles.